The van der Waals surface area contributed by atoms with E-state index in [0.29, 0.717) is 41.3 Å². The van der Waals surface area contributed by atoms with Crippen molar-refractivity contribution in [1.82, 2.24) is 0 Å². The van der Waals surface area contributed by atoms with Crippen molar-refractivity contribution in [3.8, 4) is 11.5 Å². The molecule has 0 spiro atoms. The Bertz CT molecular complexity index is 1320. The van der Waals surface area contributed by atoms with E-state index in [9.17, 15) is 19.2 Å². The molecule has 0 aliphatic carbocycles. The SMILES string of the molecule is CCOc1ccc(N2C(=O)C(Cl)=C(Nc3ccc(C(=O)Oc4ccc(C=O)cc4)cc3)C2=O)cc1. The van der Waals surface area contributed by atoms with Crippen molar-refractivity contribution in [3.63, 3.8) is 0 Å². The molecule has 0 unspecified atom stereocenters. The molecule has 1 N–H and O–H groups in total. The summed E-state index contributed by atoms with van der Waals surface area (Å²) in [7, 11) is 0. The van der Waals surface area contributed by atoms with Gasteiger partial charge in [0.25, 0.3) is 11.8 Å². The maximum atomic E-state index is 12.9. The van der Waals surface area contributed by atoms with Crippen LogP contribution in [0.25, 0.3) is 0 Å². The van der Waals surface area contributed by atoms with Gasteiger partial charge in [0.05, 0.1) is 17.9 Å². The first-order valence-corrected chi connectivity index (χ1v) is 10.9. The van der Waals surface area contributed by atoms with Crippen LogP contribution in [0.5, 0.6) is 11.5 Å². The van der Waals surface area contributed by atoms with Crippen molar-refractivity contribution in [2.24, 2.45) is 0 Å². The summed E-state index contributed by atoms with van der Waals surface area (Å²) in [5, 5.41) is 2.61. The summed E-state index contributed by atoms with van der Waals surface area (Å²) in [6, 6.07) is 18.8. The van der Waals surface area contributed by atoms with E-state index in [4.69, 9.17) is 21.1 Å². The number of carbonyl (C=O) groups excluding carboxylic acids is 4. The van der Waals surface area contributed by atoms with E-state index in [0.717, 1.165) is 4.90 Å². The number of esters is 1. The van der Waals surface area contributed by atoms with E-state index >= 15 is 0 Å². The van der Waals surface area contributed by atoms with E-state index in [1.54, 1.807) is 36.4 Å². The third-order valence-corrected chi connectivity index (χ3v) is 5.40. The van der Waals surface area contributed by atoms with E-state index < -0.39 is 17.8 Å². The predicted molar refractivity (Wildman–Crippen MR) is 130 cm³/mol. The molecule has 0 saturated carbocycles. The molecule has 2 amide bonds. The van der Waals surface area contributed by atoms with E-state index in [1.807, 2.05) is 6.92 Å². The Morgan fingerprint density at radius 3 is 2.14 bits per heavy atom. The van der Waals surface area contributed by atoms with Crippen molar-refractivity contribution in [3.05, 3.63) is 94.7 Å². The molecule has 1 aliphatic rings. The van der Waals surface area contributed by atoms with Gasteiger partial charge < -0.3 is 14.8 Å². The van der Waals surface area contributed by atoms with Gasteiger partial charge in [-0.2, -0.15) is 0 Å². The lowest BCUT2D eigenvalue weighted by molar-refractivity contribution is -0.120. The molecule has 0 radical (unpaired) electrons. The fourth-order valence-corrected chi connectivity index (χ4v) is 3.53. The highest BCUT2D eigenvalue weighted by Gasteiger charge is 2.39. The molecule has 1 aliphatic heterocycles. The lowest BCUT2D eigenvalue weighted by atomic mass is 10.2. The van der Waals surface area contributed by atoms with Crippen LogP contribution in [-0.2, 0) is 9.59 Å². The van der Waals surface area contributed by atoms with E-state index in [-0.39, 0.29) is 16.3 Å². The molecule has 4 rings (SSSR count). The molecule has 8 nitrogen and oxygen atoms in total. The number of carbonyl (C=O) groups is 4. The zero-order valence-electron chi connectivity index (χ0n) is 18.5. The number of aldehydes is 1. The number of halogens is 1. The zero-order chi connectivity index (χ0) is 24.9. The topological polar surface area (TPSA) is 102 Å². The maximum Gasteiger partial charge on any atom is 0.343 e. The highest BCUT2D eigenvalue weighted by atomic mass is 35.5. The number of anilines is 2. The Hall–Kier alpha value is -4.43. The number of imide groups is 1. The number of nitrogens with zero attached hydrogens (tertiary/aromatic N) is 1. The monoisotopic (exact) mass is 490 g/mol. The van der Waals surface area contributed by atoms with Gasteiger partial charge in [-0.25, -0.2) is 9.69 Å². The molecule has 0 atom stereocenters. The first-order valence-electron chi connectivity index (χ1n) is 10.6. The summed E-state index contributed by atoms with van der Waals surface area (Å²) in [5.41, 5.74) is 1.46. The normalized spacial score (nSPS) is 13.1. The number of nitrogens with one attached hydrogen (secondary N) is 1. The summed E-state index contributed by atoms with van der Waals surface area (Å²) in [5.74, 6) is -0.939. The maximum absolute atomic E-state index is 12.9. The Labute approximate surface area is 205 Å². The van der Waals surface area contributed by atoms with Crippen molar-refractivity contribution < 1.29 is 28.7 Å². The third kappa shape index (κ3) is 5.07. The summed E-state index contributed by atoms with van der Waals surface area (Å²) in [6.07, 6.45) is 0.693. The first-order chi connectivity index (χ1) is 16.9. The first kappa shape index (κ1) is 23.7. The Morgan fingerprint density at radius 1 is 0.914 bits per heavy atom. The van der Waals surface area contributed by atoms with Crippen molar-refractivity contribution >= 4 is 47.0 Å². The predicted octanol–water partition coefficient (Wildman–Crippen LogP) is 4.55. The van der Waals surface area contributed by atoms with Crippen molar-refractivity contribution in [2.75, 3.05) is 16.8 Å². The number of hydrogen-bond donors (Lipinski definition) is 1. The van der Waals surface area contributed by atoms with Gasteiger partial charge in [-0.3, -0.25) is 14.4 Å². The second-order valence-corrected chi connectivity index (χ2v) is 7.72. The molecule has 0 saturated heterocycles. The zero-order valence-corrected chi connectivity index (χ0v) is 19.2. The Morgan fingerprint density at radius 2 is 1.54 bits per heavy atom. The summed E-state index contributed by atoms with van der Waals surface area (Å²) >= 11 is 6.18. The lowest BCUT2D eigenvalue weighted by Crippen LogP contribution is -2.32. The average molecular weight is 491 g/mol. The van der Waals surface area contributed by atoms with Crippen LogP contribution in [0.3, 0.4) is 0 Å². The molecule has 9 heteroatoms. The molecule has 1 heterocycles. The van der Waals surface area contributed by atoms with Gasteiger partial charge in [0.2, 0.25) is 0 Å². The van der Waals surface area contributed by atoms with Crippen LogP contribution in [0.2, 0.25) is 0 Å². The largest absolute Gasteiger partial charge is 0.494 e. The van der Waals surface area contributed by atoms with Crippen LogP contribution in [0, 0.1) is 0 Å². The molecule has 176 valence electrons. The highest BCUT2D eigenvalue weighted by molar-refractivity contribution is 6.53. The summed E-state index contributed by atoms with van der Waals surface area (Å²) < 4.78 is 10.7. The van der Waals surface area contributed by atoms with Gasteiger partial charge in [-0.05, 0) is 79.7 Å². The summed E-state index contributed by atoms with van der Waals surface area (Å²) in [4.78, 5) is 49.7. The number of ether oxygens (including phenoxy) is 2. The molecule has 0 aromatic heterocycles. The quantitative estimate of drug-likeness (QED) is 0.214. The number of benzene rings is 3. The van der Waals surface area contributed by atoms with Crippen molar-refractivity contribution in [1.29, 1.82) is 0 Å². The second-order valence-electron chi connectivity index (χ2n) is 7.34. The number of hydrogen-bond acceptors (Lipinski definition) is 7. The Kier molecular flexibility index (Phi) is 6.93. The van der Waals surface area contributed by atoms with Crippen LogP contribution in [0.4, 0.5) is 11.4 Å². The summed E-state index contributed by atoms with van der Waals surface area (Å²) in [6.45, 7) is 2.35. The second kappa shape index (κ2) is 10.2. The molecular formula is C26H19ClN2O6. The van der Waals surface area contributed by atoms with Gasteiger partial charge in [-0.15, -0.1) is 0 Å². The number of amides is 2. The molecule has 35 heavy (non-hydrogen) atoms. The average Bonchev–Trinajstić information content (AvgIpc) is 3.08. The molecule has 3 aromatic carbocycles. The lowest BCUT2D eigenvalue weighted by Gasteiger charge is -2.15. The number of rotatable bonds is 8. The molecule has 0 bridgehead atoms. The van der Waals surface area contributed by atoms with Gasteiger partial charge in [0, 0.05) is 11.3 Å². The standard InChI is InChI=1S/C26H19ClN2O6/c1-2-34-20-13-9-19(10-14-20)29-24(31)22(27)23(25(29)32)28-18-7-5-17(6-8-18)26(33)35-21-11-3-16(15-30)4-12-21/h3-15,28H,2H2,1H3. The van der Waals surface area contributed by atoms with Crippen LogP contribution in [-0.4, -0.2) is 30.7 Å². The smallest absolute Gasteiger partial charge is 0.343 e. The Balaban J connectivity index is 1.44. The van der Waals surface area contributed by atoms with Crippen LogP contribution in [0.15, 0.2) is 83.5 Å². The minimum Gasteiger partial charge on any atom is -0.494 e. The minimum atomic E-state index is -0.649. The van der Waals surface area contributed by atoms with Gasteiger partial charge >= 0.3 is 5.97 Å². The van der Waals surface area contributed by atoms with Crippen molar-refractivity contribution in [2.45, 2.75) is 6.92 Å². The fourth-order valence-electron chi connectivity index (χ4n) is 3.32. The van der Waals surface area contributed by atoms with Crippen LogP contribution in [0.1, 0.15) is 27.6 Å². The van der Waals surface area contributed by atoms with Gasteiger partial charge in [0.1, 0.15) is 28.5 Å². The third-order valence-electron chi connectivity index (χ3n) is 5.05. The van der Waals surface area contributed by atoms with Crippen LogP contribution >= 0.6 is 11.6 Å². The fraction of sp³-hybridized carbons (Fsp3) is 0.0769. The molecule has 3 aromatic rings. The minimum absolute atomic E-state index is 0.0730. The molecular weight excluding hydrogens is 472 g/mol. The molecule has 0 fully saturated rings. The van der Waals surface area contributed by atoms with E-state index in [1.165, 1.54) is 36.4 Å². The van der Waals surface area contributed by atoms with E-state index in [2.05, 4.69) is 5.32 Å². The van der Waals surface area contributed by atoms with Crippen LogP contribution < -0.4 is 19.7 Å². The van der Waals surface area contributed by atoms with Gasteiger partial charge in [-0.1, -0.05) is 11.6 Å². The van der Waals surface area contributed by atoms with Gasteiger partial charge in [0.15, 0.2) is 0 Å². The highest BCUT2D eigenvalue weighted by Crippen LogP contribution is 2.31.